The summed E-state index contributed by atoms with van der Waals surface area (Å²) in [6.07, 6.45) is 6.80. The molecular formula is C13H19NS. The van der Waals surface area contributed by atoms with E-state index in [0.717, 1.165) is 0 Å². The molecule has 2 aliphatic rings. The van der Waals surface area contributed by atoms with Crippen LogP contribution in [0, 0.1) is 17.8 Å². The quantitative estimate of drug-likeness (QED) is 0.645. The molecule has 0 amide bonds. The van der Waals surface area contributed by atoms with Crippen LogP contribution in [-0.2, 0) is 0 Å². The van der Waals surface area contributed by atoms with E-state index >= 15 is 0 Å². The highest BCUT2D eigenvalue weighted by molar-refractivity contribution is 7.99. The lowest BCUT2D eigenvalue weighted by molar-refractivity contribution is 0.675. The third kappa shape index (κ3) is 1.92. The average Bonchev–Trinajstić information content (AvgIpc) is 2.59. The van der Waals surface area contributed by atoms with Gasteiger partial charge in [-0.15, -0.1) is 0 Å². The number of fused-ring (bicyclic) bond motifs is 1. The summed E-state index contributed by atoms with van der Waals surface area (Å²) >= 11 is 1.77. The molecule has 1 aliphatic carbocycles. The topological polar surface area (TPSA) is 12.4 Å². The molecule has 2 rings (SSSR count). The molecule has 0 saturated heterocycles. The molecule has 0 aromatic heterocycles. The van der Waals surface area contributed by atoms with Crippen LogP contribution in [0.25, 0.3) is 0 Å². The number of hydrogen-bond acceptors (Lipinski definition) is 2. The van der Waals surface area contributed by atoms with E-state index in [9.17, 15) is 0 Å². The zero-order valence-corrected chi connectivity index (χ0v) is 10.7. The largest absolute Gasteiger partial charge is 0.224 e. The van der Waals surface area contributed by atoms with Gasteiger partial charge in [-0.2, -0.15) is 0 Å². The van der Waals surface area contributed by atoms with E-state index in [1.54, 1.807) is 17.5 Å². The third-order valence-corrected chi connectivity index (χ3v) is 4.24. The van der Waals surface area contributed by atoms with Crippen LogP contribution in [0.3, 0.4) is 0 Å². The molecule has 1 nitrogen and oxygen atoms in total. The maximum absolute atomic E-state index is 4.65. The van der Waals surface area contributed by atoms with Crippen molar-refractivity contribution in [3.05, 3.63) is 23.8 Å². The Labute approximate surface area is 96.9 Å². The Bertz CT molecular complexity index is 336. The lowest BCUT2D eigenvalue weighted by Gasteiger charge is -2.26. The number of nitrogens with zero attached hydrogens (tertiary/aromatic N) is 1. The van der Waals surface area contributed by atoms with E-state index in [2.05, 4.69) is 50.3 Å². The van der Waals surface area contributed by atoms with Crippen LogP contribution in [0.15, 0.2) is 28.2 Å². The van der Waals surface area contributed by atoms with Gasteiger partial charge in [-0.25, -0.2) is 4.40 Å². The van der Waals surface area contributed by atoms with Gasteiger partial charge >= 0.3 is 0 Å². The van der Waals surface area contributed by atoms with Gasteiger partial charge in [0.05, 0.1) is 5.25 Å². The van der Waals surface area contributed by atoms with Crippen molar-refractivity contribution in [3.63, 3.8) is 0 Å². The second-order valence-electron chi connectivity index (χ2n) is 4.93. The van der Waals surface area contributed by atoms with Crippen LogP contribution in [-0.4, -0.2) is 11.0 Å². The minimum atomic E-state index is 0.553. The van der Waals surface area contributed by atoms with Crippen LogP contribution in [0.5, 0.6) is 0 Å². The fourth-order valence-corrected chi connectivity index (χ4v) is 3.66. The van der Waals surface area contributed by atoms with Gasteiger partial charge in [0.25, 0.3) is 0 Å². The van der Waals surface area contributed by atoms with Gasteiger partial charge in [-0.3, -0.25) is 0 Å². The zero-order chi connectivity index (χ0) is 11.0. The van der Waals surface area contributed by atoms with Crippen molar-refractivity contribution < 1.29 is 0 Å². The van der Waals surface area contributed by atoms with Crippen molar-refractivity contribution in [2.45, 2.75) is 32.9 Å². The van der Waals surface area contributed by atoms with Gasteiger partial charge in [0, 0.05) is 11.6 Å². The smallest absolute Gasteiger partial charge is 0.0597 e. The highest BCUT2D eigenvalue weighted by Crippen LogP contribution is 2.42. The standard InChI is InChI=1S/C13H19NS/c1-8(2)10-6-5-7-11-12(9(3)4)14-15-13(10)11/h5-9,11,13H,1-4H3. The molecule has 1 heterocycles. The Morgan fingerprint density at radius 1 is 1.20 bits per heavy atom. The second kappa shape index (κ2) is 4.17. The Kier molecular flexibility index (Phi) is 3.06. The molecule has 2 heteroatoms. The molecule has 0 bridgehead atoms. The SMILES string of the molecule is CC(C)C1=CC=CC2C(C(C)C)=NSC12. The van der Waals surface area contributed by atoms with Crippen LogP contribution in [0.4, 0.5) is 0 Å². The maximum Gasteiger partial charge on any atom is 0.0597 e. The Morgan fingerprint density at radius 2 is 1.93 bits per heavy atom. The molecule has 82 valence electrons. The van der Waals surface area contributed by atoms with Gasteiger partial charge in [0.1, 0.15) is 0 Å². The summed E-state index contributed by atoms with van der Waals surface area (Å²) in [4.78, 5) is 0. The number of rotatable bonds is 2. The summed E-state index contributed by atoms with van der Waals surface area (Å²) in [7, 11) is 0. The molecule has 0 radical (unpaired) electrons. The highest BCUT2D eigenvalue weighted by atomic mass is 32.2. The van der Waals surface area contributed by atoms with Crippen molar-refractivity contribution in [1.29, 1.82) is 0 Å². The number of allylic oxidation sites excluding steroid dienone is 3. The fourth-order valence-electron chi connectivity index (χ4n) is 2.26. The number of hydrogen-bond donors (Lipinski definition) is 0. The normalized spacial score (nSPS) is 29.5. The second-order valence-corrected chi connectivity index (χ2v) is 5.83. The van der Waals surface area contributed by atoms with Crippen molar-refractivity contribution in [1.82, 2.24) is 0 Å². The molecule has 2 atom stereocenters. The van der Waals surface area contributed by atoms with Crippen LogP contribution >= 0.6 is 11.9 Å². The first-order valence-corrected chi connectivity index (χ1v) is 6.56. The van der Waals surface area contributed by atoms with Crippen molar-refractivity contribution in [3.8, 4) is 0 Å². The predicted molar refractivity (Wildman–Crippen MR) is 69.2 cm³/mol. The van der Waals surface area contributed by atoms with Crippen molar-refractivity contribution in [2.75, 3.05) is 0 Å². The van der Waals surface area contributed by atoms with Gasteiger partial charge < -0.3 is 0 Å². The molecule has 15 heavy (non-hydrogen) atoms. The lowest BCUT2D eigenvalue weighted by Crippen LogP contribution is -2.27. The first kappa shape index (κ1) is 11.0. The average molecular weight is 221 g/mol. The summed E-state index contributed by atoms with van der Waals surface area (Å²) in [5.74, 6) is 1.76. The van der Waals surface area contributed by atoms with Gasteiger partial charge in [-0.05, 0) is 23.8 Å². The predicted octanol–water partition coefficient (Wildman–Crippen LogP) is 3.88. The third-order valence-electron chi connectivity index (χ3n) is 3.13. The Morgan fingerprint density at radius 3 is 2.53 bits per heavy atom. The summed E-state index contributed by atoms with van der Waals surface area (Å²) in [5.41, 5.74) is 2.92. The van der Waals surface area contributed by atoms with Crippen LogP contribution in [0.1, 0.15) is 27.7 Å². The van der Waals surface area contributed by atoms with Crippen LogP contribution < -0.4 is 0 Å². The van der Waals surface area contributed by atoms with E-state index in [4.69, 9.17) is 0 Å². The molecule has 1 aliphatic heterocycles. The zero-order valence-electron chi connectivity index (χ0n) is 9.90. The summed E-state index contributed by atoms with van der Waals surface area (Å²) < 4.78 is 4.65. The van der Waals surface area contributed by atoms with E-state index in [1.807, 2.05) is 0 Å². The Balaban J connectivity index is 2.23. The lowest BCUT2D eigenvalue weighted by atomic mass is 9.82. The molecule has 0 spiro atoms. The summed E-state index contributed by atoms with van der Waals surface area (Å²) in [6, 6.07) is 0. The van der Waals surface area contributed by atoms with Gasteiger partial charge in [0.2, 0.25) is 0 Å². The molecule has 2 unspecified atom stereocenters. The first-order valence-electron chi connectivity index (χ1n) is 5.73. The van der Waals surface area contributed by atoms with E-state index in [0.29, 0.717) is 23.0 Å². The molecule has 0 aromatic carbocycles. The molecular weight excluding hydrogens is 202 g/mol. The minimum absolute atomic E-state index is 0.553. The molecule has 0 saturated carbocycles. The monoisotopic (exact) mass is 221 g/mol. The van der Waals surface area contributed by atoms with Gasteiger partial charge in [-0.1, -0.05) is 51.5 Å². The van der Waals surface area contributed by atoms with E-state index < -0.39 is 0 Å². The summed E-state index contributed by atoms with van der Waals surface area (Å²) in [5, 5.41) is 0.576. The van der Waals surface area contributed by atoms with Crippen molar-refractivity contribution in [2.24, 2.45) is 22.2 Å². The molecule has 0 fully saturated rings. The minimum Gasteiger partial charge on any atom is -0.224 e. The Hall–Kier alpha value is -0.500. The highest BCUT2D eigenvalue weighted by Gasteiger charge is 2.36. The first-order chi connectivity index (χ1) is 7.11. The maximum atomic E-state index is 4.65. The van der Waals surface area contributed by atoms with Crippen molar-refractivity contribution >= 4 is 17.7 Å². The van der Waals surface area contributed by atoms with Crippen LogP contribution in [0.2, 0.25) is 0 Å². The summed E-state index contributed by atoms with van der Waals surface area (Å²) in [6.45, 7) is 9.03. The molecule has 0 N–H and O–H groups in total. The molecule has 0 aromatic rings. The fraction of sp³-hybridized carbons (Fsp3) is 0.615. The van der Waals surface area contributed by atoms with Gasteiger partial charge in [0.15, 0.2) is 0 Å². The van der Waals surface area contributed by atoms with E-state index in [-0.39, 0.29) is 0 Å². The van der Waals surface area contributed by atoms with E-state index in [1.165, 1.54) is 5.71 Å².